The highest BCUT2D eigenvalue weighted by Crippen LogP contribution is 2.40. The van der Waals surface area contributed by atoms with Gasteiger partial charge in [0.05, 0.1) is 17.5 Å². The zero-order valence-corrected chi connectivity index (χ0v) is 26.3. The molecule has 42 heavy (non-hydrogen) atoms. The Hall–Kier alpha value is -1.64. The summed E-state index contributed by atoms with van der Waals surface area (Å²) in [4.78, 5) is 5.26. The van der Waals surface area contributed by atoms with E-state index in [9.17, 15) is 21.6 Å². The molecule has 1 aromatic heterocycles. The first-order valence-electron chi connectivity index (χ1n) is 15.1. The molecule has 0 unspecified atom stereocenters. The van der Waals surface area contributed by atoms with Crippen molar-refractivity contribution >= 4 is 21.8 Å². The van der Waals surface area contributed by atoms with Crippen LogP contribution in [0.4, 0.5) is 13.2 Å². The van der Waals surface area contributed by atoms with Crippen molar-refractivity contribution in [1.82, 2.24) is 29.2 Å². The summed E-state index contributed by atoms with van der Waals surface area (Å²) in [7, 11) is -3.42. The van der Waals surface area contributed by atoms with Gasteiger partial charge < -0.3 is 10.2 Å². The summed E-state index contributed by atoms with van der Waals surface area (Å²) in [6.07, 6.45) is 1.80. The van der Waals surface area contributed by atoms with Gasteiger partial charge in [0.15, 0.2) is 0 Å². The van der Waals surface area contributed by atoms with Crippen molar-refractivity contribution in [3.05, 3.63) is 35.0 Å². The number of rotatable bonds is 13. The molecule has 3 aliphatic rings. The quantitative estimate of drug-likeness (QED) is 0.264. The summed E-state index contributed by atoms with van der Waals surface area (Å²) in [5, 5.41) is 8.16. The summed E-state index contributed by atoms with van der Waals surface area (Å²) < 4.78 is 70.0. The van der Waals surface area contributed by atoms with Crippen molar-refractivity contribution in [2.45, 2.75) is 69.2 Å². The van der Waals surface area contributed by atoms with Gasteiger partial charge in [-0.3, -0.25) is 9.58 Å². The maximum absolute atomic E-state index is 13.9. The molecule has 8 nitrogen and oxygen atoms in total. The maximum Gasteiger partial charge on any atom is 0.417 e. The Kier molecular flexibility index (Phi) is 10.3. The van der Waals surface area contributed by atoms with E-state index in [2.05, 4.69) is 15.1 Å². The van der Waals surface area contributed by atoms with Crippen LogP contribution >= 0.6 is 11.8 Å². The third-order valence-corrected chi connectivity index (χ3v) is 10.7. The highest BCUT2D eigenvalue weighted by Gasteiger charge is 2.35. The standard InChI is InChI=1S/C29H43F3N6O2S2/c1-3-10-33-11-19-41-27-20-22(5-8-25(27)29(30,31)32)28-24-21-37(42(2,39)40)14-9-26(24)38(34-28)13-4-12-35-15-17-36(18-16-35)23-6-7-23/h5,8,20,23,33H,3-4,6-7,9-19,21H2,1-2H3. The fourth-order valence-electron chi connectivity index (χ4n) is 5.96. The third kappa shape index (κ3) is 7.89. The molecule has 1 saturated heterocycles. The monoisotopic (exact) mass is 628 g/mol. The van der Waals surface area contributed by atoms with Crippen LogP contribution in [0.2, 0.25) is 0 Å². The number of alkyl halides is 3. The Labute approximate surface area is 252 Å². The van der Waals surface area contributed by atoms with Crippen molar-refractivity contribution in [2.75, 3.05) is 64.4 Å². The van der Waals surface area contributed by atoms with E-state index in [1.807, 2.05) is 11.6 Å². The van der Waals surface area contributed by atoms with Crippen LogP contribution in [0, 0.1) is 0 Å². The molecule has 2 aromatic rings. The number of sulfonamides is 1. The Morgan fingerprint density at radius 2 is 1.83 bits per heavy atom. The minimum atomic E-state index is -4.46. The van der Waals surface area contributed by atoms with Crippen molar-refractivity contribution in [1.29, 1.82) is 0 Å². The van der Waals surface area contributed by atoms with Crippen LogP contribution in [0.25, 0.3) is 11.3 Å². The number of thioether (sulfide) groups is 1. The summed E-state index contributed by atoms with van der Waals surface area (Å²) >= 11 is 1.19. The summed E-state index contributed by atoms with van der Waals surface area (Å²) in [5.41, 5.74) is 2.30. The fraction of sp³-hybridized carbons (Fsp3) is 0.690. The largest absolute Gasteiger partial charge is 0.417 e. The topological polar surface area (TPSA) is 73.7 Å². The van der Waals surface area contributed by atoms with Gasteiger partial charge >= 0.3 is 6.18 Å². The number of piperazine rings is 1. The molecule has 0 spiro atoms. The Morgan fingerprint density at radius 1 is 1.07 bits per heavy atom. The highest BCUT2D eigenvalue weighted by molar-refractivity contribution is 7.99. The molecule has 1 aliphatic carbocycles. The van der Waals surface area contributed by atoms with Crippen molar-refractivity contribution in [3.8, 4) is 11.3 Å². The second-order valence-electron chi connectivity index (χ2n) is 11.6. The Morgan fingerprint density at radius 3 is 2.50 bits per heavy atom. The average molecular weight is 629 g/mol. The summed E-state index contributed by atoms with van der Waals surface area (Å²) in [6, 6.07) is 5.00. The fourth-order valence-corrected chi connectivity index (χ4v) is 7.76. The summed E-state index contributed by atoms with van der Waals surface area (Å²) in [6.45, 7) is 10.1. The molecule has 5 rings (SSSR count). The first-order valence-corrected chi connectivity index (χ1v) is 17.9. The normalized spacial score (nSPS) is 19.4. The van der Waals surface area contributed by atoms with Crippen LogP contribution in [0.15, 0.2) is 23.1 Å². The average Bonchev–Trinajstić information content (AvgIpc) is 3.74. The number of fused-ring (bicyclic) bond motifs is 1. The molecule has 0 atom stereocenters. The lowest BCUT2D eigenvalue weighted by Gasteiger charge is -2.34. The van der Waals surface area contributed by atoms with E-state index in [4.69, 9.17) is 5.10 Å². The molecule has 13 heteroatoms. The second-order valence-corrected chi connectivity index (χ2v) is 14.7. The van der Waals surface area contributed by atoms with Crippen molar-refractivity contribution < 1.29 is 21.6 Å². The van der Waals surface area contributed by atoms with Gasteiger partial charge in [-0.25, -0.2) is 8.42 Å². The molecule has 1 N–H and O–H groups in total. The van der Waals surface area contributed by atoms with Crippen LogP contribution in [-0.4, -0.2) is 103 Å². The number of nitrogens with one attached hydrogen (secondary N) is 1. The number of aromatic nitrogens is 2. The van der Waals surface area contributed by atoms with Gasteiger partial charge in [0.25, 0.3) is 0 Å². The zero-order valence-electron chi connectivity index (χ0n) is 24.6. The molecule has 0 bridgehead atoms. The molecule has 2 fully saturated rings. The van der Waals surface area contributed by atoms with Gasteiger partial charge in [-0.2, -0.15) is 22.6 Å². The van der Waals surface area contributed by atoms with Gasteiger partial charge in [0.1, 0.15) is 0 Å². The Balaban J connectivity index is 1.36. The minimum absolute atomic E-state index is 0.169. The zero-order chi connectivity index (χ0) is 29.9. The number of nitrogens with zero attached hydrogens (tertiary/aromatic N) is 5. The second kappa shape index (κ2) is 13.6. The molecule has 3 heterocycles. The van der Waals surface area contributed by atoms with Crippen molar-refractivity contribution in [2.24, 2.45) is 0 Å². The van der Waals surface area contributed by atoms with Crippen molar-refractivity contribution in [3.63, 3.8) is 0 Å². The van der Waals surface area contributed by atoms with E-state index in [-0.39, 0.29) is 11.4 Å². The van der Waals surface area contributed by atoms with Gasteiger partial charge in [-0.05, 0) is 50.9 Å². The first kappa shape index (κ1) is 31.8. The lowest BCUT2D eigenvalue weighted by molar-refractivity contribution is -0.139. The van der Waals surface area contributed by atoms with Gasteiger partial charge in [0, 0.05) is 92.3 Å². The van der Waals surface area contributed by atoms with Crippen LogP contribution in [0.1, 0.15) is 49.4 Å². The molecule has 0 radical (unpaired) electrons. The van der Waals surface area contributed by atoms with Gasteiger partial charge in [-0.1, -0.05) is 13.0 Å². The first-order chi connectivity index (χ1) is 20.0. The molecule has 1 saturated carbocycles. The lowest BCUT2D eigenvalue weighted by atomic mass is 10.0. The van der Waals surface area contributed by atoms with Gasteiger partial charge in [-0.15, -0.1) is 11.8 Å². The highest BCUT2D eigenvalue weighted by atomic mass is 32.2. The van der Waals surface area contributed by atoms with Crippen LogP contribution < -0.4 is 5.32 Å². The van der Waals surface area contributed by atoms with E-state index < -0.39 is 21.8 Å². The molecular formula is C29H43F3N6O2S2. The van der Waals surface area contributed by atoms with Crippen LogP contribution in [0.3, 0.4) is 0 Å². The number of benzene rings is 1. The number of halogens is 3. The Bertz CT molecular complexity index is 1320. The molecular weight excluding hydrogens is 585 g/mol. The summed E-state index contributed by atoms with van der Waals surface area (Å²) in [5.74, 6) is 0.510. The minimum Gasteiger partial charge on any atom is -0.316 e. The number of hydrogen-bond donors (Lipinski definition) is 1. The van der Waals surface area contributed by atoms with Crippen LogP contribution in [-0.2, 0) is 35.7 Å². The van der Waals surface area contributed by atoms with E-state index in [0.29, 0.717) is 43.1 Å². The van der Waals surface area contributed by atoms with E-state index in [1.165, 1.54) is 41.2 Å². The molecule has 1 aromatic carbocycles. The number of aryl methyl sites for hydroxylation is 1. The molecule has 2 aliphatic heterocycles. The van der Waals surface area contributed by atoms with E-state index in [0.717, 1.165) is 75.5 Å². The predicted molar refractivity (Wildman–Crippen MR) is 161 cm³/mol. The third-order valence-electron chi connectivity index (χ3n) is 8.41. The van der Waals surface area contributed by atoms with E-state index >= 15 is 0 Å². The lowest BCUT2D eigenvalue weighted by Crippen LogP contribution is -2.47. The number of hydrogen-bond acceptors (Lipinski definition) is 7. The molecule has 0 amide bonds. The maximum atomic E-state index is 13.9. The smallest absolute Gasteiger partial charge is 0.316 e. The molecule has 234 valence electrons. The van der Waals surface area contributed by atoms with Crippen LogP contribution in [0.5, 0.6) is 0 Å². The van der Waals surface area contributed by atoms with E-state index in [1.54, 1.807) is 6.07 Å². The predicted octanol–water partition coefficient (Wildman–Crippen LogP) is 4.15. The van der Waals surface area contributed by atoms with Gasteiger partial charge in [0.2, 0.25) is 10.0 Å². The SMILES string of the molecule is CCCNCCSc1cc(-c2nn(CCCN3CCN(C4CC4)CC3)c3c2CN(S(C)(=O)=O)CC3)ccc1C(F)(F)F.